The van der Waals surface area contributed by atoms with Gasteiger partial charge in [-0.2, -0.15) is 0 Å². The molecule has 0 bridgehead atoms. The van der Waals surface area contributed by atoms with E-state index in [2.05, 4.69) is 0 Å². The number of thioether (sulfide) groups is 1. The maximum atomic E-state index is 11.6. The molecule has 0 fully saturated rings. The zero-order chi connectivity index (χ0) is 9.31. The van der Waals surface area contributed by atoms with Gasteiger partial charge in [-0.05, 0) is 24.0 Å². The summed E-state index contributed by atoms with van der Waals surface area (Å²) in [5.74, 6) is 0.184. The molecule has 0 spiro atoms. The maximum absolute atomic E-state index is 11.6. The van der Waals surface area contributed by atoms with Crippen LogP contribution in [0.5, 0.6) is 0 Å². The number of hydrogen-bond donors (Lipinski definition) is 0. The van der Waals surface area contributed by atoms with Crippen LogP contribution < -0.4 is 0 Å². The molecule has 1 aromatic rings. The van der Waals surface area contributed by atoms with Crippen molar-refractivity contribution in [1.82, 2.24) is 0 Å². The van der Waals surface area contributed by atoms with Crippen LogP contribution in [0.25, 0.3) is 0 Å². The summed E-state index contributed by atoms with van der Waals surface area (Å²) in [6.07, 6.45) is 1.65. The predicted octanol–water partition coefficient (Wildman–Crippen LogP) is 2.73. The summed E-state index contributed by atoms with van der Waals surface area (Å²) in [7, 11) is 0. The Morgan fingerprint density at radius 3 is 2.46 bits per heavy atom. The first-order chi connectivity index (χ1) is 6.23. The van der Waals surface area contributed by atoms with E-state index in [9.17, 15) is 4.79 Å². The van der Waals surface area contributed by atoms with Crippen molar-refractivity contribution in [2.45, 2.75) is 11.7 Å². The average Bonchev–Trinajstić information content (AvgIpc) is 2.50. The Hall–Kier alpha value is -1.02. The normalized spacial score (nSPS) is 26.7. The Morgan fingerprint density at radius 1 is 1.23 bits per heavy atom. The molecule has 1 aromatic carbocycles. The molecule has 66 valence electrons. The predicted molar refractivity (Wildman–Crippen MR) is 55.5 cm³/mol. The van der Waals surface area contributed by atoms with Gasteiger partial charge in [0.05, 0.1) is 0 Å². The van der Waals surface area contributed by atoms with Gasteiger partial charge in [0.15, 0.2) is 5.78 Å². The number of carbonyl (C=O) groups is 1. The van der Waals surface area contributed by atoms with E-state index in [1.807, 2.05) is 42.7 Å². The summed E-state index contributed by atoms with van der Waals surface area (Å²) in [5, 5.41) is 1.87. The molecule has 0 amide bonds. The summed E-state index contributed by atoms with van der Waals surface area (Å²) < 4.78 is -0.388. The molecule has 1 unspecified atom stereocenters. The first-order valence-electron chi connectivity index (χ1n) is 4.18. The van der Waals surface area contributed by atoms with Gasteiger partial charge in [-0.1, -0.05) is 30.3 Å². The maximum Gasteiger partial charge on any atom is 0.176 e. The highest BCUT2D eigenvalue weighted by Crippen LogP contribution is 2.42. The lowest BCUT2D eigenvalue weighted by Gasteiger charge is -2.20. The number of carbonyl (C=O) groups excluding carboxylic acids is 1. The minimum Gasteiger partial charge on any atom is -0.293 e. The fourth-order valence-electron chi connectivity index (χ4n) is 1.42. The van der Waals surface area contributed by atoms with E-state index in [4.69, 9.17) is 0 Å². The fraction of sp³-hybridized carbons (Fsp3) is 0.182. The first kappa shape index (κ1) is 8.57. The van der Waals surface area contributed by atoms with Crippen molar-refractivity contribution in [1.29, 1.82) is 0 Å². The summed E-state index contributed by atoms with van der Waals surface area (Å²) in [4.78, 5) is 11.6. The largest absolute Gasteiger partial charge is 0.293 e. The summed E-state index contributed by atoms with van der Waals surface area (Å²) in [6, 6.07) is 9.89. The third kappa shape index (κ3) is 1.31. The van der Waals surface area contributed by atoms with E-state index >= 15 is 0 Å². The van der Waals surface area contributed by atoms with Gasteiger partial charge in [0.2, 0.25) is 0 Å². The van der Waals surface area contributed by atoms with Crippen molar-refractivity contribution < 1.29 is 4.79 Å². The fourth-order valence-corrected chi connectivity index (χ4v) is 2.34. The molecular formula is C11H10OS. The van der Waals surface area contributed by atoms with Crippen molar-refractivity contribution in [3.63, 3.8) is 0 Å². The molecule has 1 aliphatic heterocycles. The lowest BCUT2D eigenvalue weighted by molar-refractivity contribution is -0.116. The molecule has 2 rings (SSSR count). The second-order valence-electron chi connectivity index (χ2n) is 3.18. The van der Waals surface area contributed by atoms with Crippen LogP contribution in [0.2, 0.25) is 0 Å². The van der Waals surface area contributed by atoms with E-state index in [0.29, 0.717) is 0 Å². The Kier molecular flexibility index (Phi) is 2.00. The lowest BCUT2D eigenvalue weighted by Crippen LogP contribution is -2.23. The van der Waals surface area contributed by atoms with Crippen LogP contribution in [0.1, 0.15) is 12.5 Å². The molecule has 0 saturated heterocycles. The Labute approximate surface area is 81.8 Å². The molecule has 0 saturated carbocycles. The molecule has 0 aliphatic carbocycles. The van der Waals surface area contributed by atoms with Crippen LogP contribution in [0.3, 0.4) is 0 Å². The van der Waals surface area contributed by atoms with Crippen LogP contribution >= 0.6 is 11.8 Å². The Morgan fingerprint density at radius 2 is 1.92 bits per heavy atom. The third-order valence-corrected chi connectivity index (χ3v) is 3.50. The van der Waals surface area contributed by atoms with Crippen molar-refractivity contribution in [3.05, 3.63) is 47.4 Å². The smallest absolute Gasteiger partial charge is 0.176 e. The summed E-state index contributed by atoms with van der Waals surface area (Å²) in [5.41, 5.74) is 1.08. The monoisotopic (exact) mass is 190 g/mol. The second-order valence-corrected chi connectivity index (χ2v) is 4.51. The van der Waals surface area contributed by atoms with E-state index in [1.54, 1.807) is 17.8 Å². The summed E-state index contributed by atoms with van der Waals surface area (Å²) in [6.45, 7) is 1.97. The molecule has 1 nitrogen and oxygen atoms in total. The molecule has 1 aliphatic rings. The van der Waals surface area contributed by atoms with Gasteiger partial charge in [0.25, 0.3) is 0 Å². The van der Waals surface area contributed by atoms with Crippen LogP contribution in [0.4, 0.5) is 0 Å². The minimum atomic E-state index is -0.388. The van der Waals surface area contributed by atoms with E-state index in [-0.39, 0.29) is 10.5 Å². The number of ketones is 1. The van der Waals surface area contributed by atoms with E-state index in [1.165, 1.54) is 0 Å². The van der Waals surface area contributed by atoms with Gasteiger partial charge < -0.3 is 0 Å². The van der Waals surface area contributed by atoms with Gasteiger partial charge in [0, 0.05) is 0 Å². The SMILES string of the molecule is CC1(c2ccccc2)SC=CC1=O. The number of allylic oxidation sites excluding steroid dienone is 1. The van der Waals surface area contributed by atoms with Crippen LogP contribution in [0.15, 0.2) is 41.8 Å². The van der Waals surface area contributed by atoms with Gasteiger partial charge in [0.1, 0.15) is 4.75 Å². The van der Waals surface area contributed by atoms with Crippen molar-refractivity contribution in [2.24, 2.45) is 0 Å². The molecule has 0 aromatic heterocycles. The average molecular weight is 190 g/mol. The van der Waals surface area contributed by atoms with Crippen LogP contribution in [0, 0.1) is 0 Å². The molecule has 0 radical (unpaired) electrons. The first-order valence-corrected chi connectivity index (χ1v) is 5.06. The van der Waals surface area contributed by atoms with Crippen LogP contribution in [-0.2, 0) is 9.54 Å². The lowest BCUT2D eigenvalue weighted by atomic mass is 9.96. The Balaban J connectivity index is 2.42. The second kappa shape index (κ2) is 3.04. The highest BCUT2D eigenvalue weighted by atomic mass is 32.2. The topological polar surface area (TPSA) is 17.1 Å². The quantitative estimate of drug-likeness (QED) is 0.677. The van der Waals surface area contributed by atoms with Crippen molar-refractivity contribution in [3.8, 4) is 0 Å². The highest BCUT2D eigenvalue weighted by Gasteiger charge is 2.36. The van der Waals surface area contributed by atoms with E-state index < -0.39 is 0 Å². The van der Waals surface area contributed by atoms with Gasteiger partial charge in [-0.3, -0.25) is 4.79 Å². The third-order valence-electron chi connectivity index (χ3n) is 2.32. The molecule has 13 heavy (non-hydrogen) atoms. The van der Waals surface area contributed by atoms with Gasteiger partial charge in [-0.25, -0.2) is 0 Å². The molecule has 0 N–H and O–H groups in total. The van der Waals surface area contributed by atoms with Crippen molar-refractivity contribution >= 4 is 17.5 Å². The molecule has 1 atom stereocenters. The zero-order valence-electron chi connectivity index (χ0n) is 7.36. The van der Waals surface area contributed by atoms with Gasteiger partial charge >= 0.3 is 0 Å². The minimum absolute atomic E-state index is 0.184. The van der Waals surface area contributed by atoms with Crippen molar-refractivity contribution in [2.75, 3.05) is 0 Å². The number of benzene rings is 1. The molecule has 2 heteroatoms. The van der Waals surface area contributed by atoms with Crippen LogP contribution in [-0.4, -0.2) is 5.78 Å². The number of hydrogen-bond acceptors (Lipinski definition) is 2. The molecular weight excluding hydrogens is 180 g/mol. The zero-order valence-corrected chi connectivity index (χ0v) is 8.17. The number of rotatable bonds is 1. The highest BCUT2D eigenvalue weighted by molar-refractivity contribution is 8.04. The van der Waals surface area contributed by atoms with Gasteiger partial charge in [-0.15, -0.1) is 11.8 Å². The summed E-state index contributed by atoms with van der Waals surface area (Å²) >= 11 is 1.58. The van der Waals surface area contributed by atoms with E-state index in [0.717, 1.165) is 5.56 Å². The Bertz CT molecular complexity index is 356. The molecule has 1 heterocycles. The standard InChI is InChI=1S/C11H10OS/c1-11(10(12)7-8-13-11)9-5-3-2-4-6-9/h2-8H,1H3.